The summed E-state index contributed by atoms with van der Waals surface area (Å²) >= 11 is 0. The summed E-state index contributed by atoms with van der Waals surface area (Å²) in [5.41, 5.74) is 5.59. The van der Waals surface area contributed by atoms with Crippen LogP contribution in [0.15, 0.2) is 40.2 Å². The Morgan fingerprint density at radius 2 is 2.09 bits per heavy atom. The minimum Gasteiger partial charge on any atom is -0.367 e. The molecule has 7 heteroatoms. The molecule has 1 fully saturated rings. The van der Waals surface area contributed by atoms with Crippen LogP contribution >= 0.6 is 0 Å². The first-order valence-electron chi connectivity index (χ1n) is 7.32. The number of anilines is 1. The van der Waals surface area contributed by atoms with Gasteiger partial charge in [0.25, 0.3) is 5.56 Å². The second kappa shape index (κ2) is 5.76. The molecule has 2 heterocycles. The van der Waals surface area contributed by atoms with Gasteiger partial charge in [-0.1, -0.05) is 0 Å². The van der Waals surface area contributed by atoms with Crippen molar-refractivity contribution in [3.05, 3.63) is 51.4 Å². The molecule has 0 saturated heterocycles. The number of nitrogens with zero attached hydrogens (tertiary/aromatic N) is 3. The molecule has 0 aliphatic heterocycles. The van der Waals surface area contributed by atoms with E-state index in [1.54, 1.807) is 19.2 Å². The number of nitrogens with one attached hydrogen (secondary N) is 1. The molecule has 0 bridgehead atoms. The first-order valence-corrected chi connectivity index (χ1v) is 7.32. The van der Waals surface area contributed by atoms with Crippen LogP contribution in [0.4, 0.5) is 5.82 Å². The van der Waals surface area contributed by atoms with Gasteiger partial charge in [0.15, 0.2) is 0 Å². The van der Waals surface area contributed by atoms with E-state index in [4.69, 9.17) is 5.73 Å². The summed E-state index contributed by atoms with van der Waals surface area (Å²) in [6, 6.07) is 5.43. The average Bonchev–Trinajstić information content (AvgIpc) is 2.90. The third kappa shape index (κ3) is 2.80. The first-order chi connectivity index (χ1) is 10.5. The molecule has 3 rings (SSSR count). The summed E-state index contributed by atoms with van der Waals surface area (Å²) in [6.07, 6.45) is 5.96. The number of aromatic nitrogens is 3. The molecule has 0 aromatic carbocycles. The minimum atomic E-state index is -0.392. The Morgan fingerprint density at radius 1 is 1.27 bits per heavy atom. The summed E-state index contributed by atoms with van der Waals surface area (Å²) in [5.74, 6) is 0.726. The average molecular weight is 301 g/mol. The van der Waals surface area contributed by atoms with E-state index in [1.165, 1.54) is 23.0 Å². The van der Waals surface area contributed by atoms with Gasteiger partial charge in [0.05, 0.1) is 11.9 Å². The van der Waals surface area contributed by atoms with Gasteiger partial charge in [-0.15, -0.1) is 0 Å². The van der Waals surface area contributed by atoms with Gasteiger partial charge in [-0.25, -0.2) is 14.3 Å². The first kappa shape index (κ1) is 14.5. The van der Waals surface area contributed by atoms with Gasteiger partial charge in [-0.05, 0) is 31.4 Å². The monoisotopic (exact) mass is 301 g/mol. The number of pyridine rings is 1. The van der Waals surface area contributed by atoms with Crippen LogP contribution in [0, 0.1) is 0 Å². The lowest BCUT2D eigenvalue weighted by Crippen LogP contribution is -2.36. The Labute approximate surface area is 127 Å². The summed E-state index contributed by atoms with van der Waals surface area (Å²) in [5, 5.41) is 3.33. The van der Waals surface area contributed by atoms with Gasteiger partial charge >= 0.3 is 5.69 Å². The molecule has 3 N–H and O–H groups in total. The topological polar surface area (TPSA) is 94.9 Å². The van der Waals surface area contributed by atoms with Crippen LogP contribution in [0.5, 0.6) is 0 Å². The van der Waals surface area contributed by atoms with Gasteiger partial charge in [-0.3, -0.25) is 4.79 Å². The van der Waals surface area contributed by atoms with Crippen LogP contribution in [0.2, 0.25) is 0 Å². The number of hydrogen-bond donors (Lipinski definition) is 2. The number of nitrogens with two attached hydrogens (primary N) is 1. The van der Waals surface area contributed by atoms with Crippen molar-refractivity contribution in [1.82, 2.24) is 14.1 Å². The highest BCUT2D eigenvalue weighted by atomic mass is 16.2. The van der Waals surface area contributed by atoms with Crippen LogP contribution in [0.1, 0.15) is 19.3 Å². The van der Waals surface area contributed by atoms with Gasteiger partial charge in [0.2, 0.25) is 0 Å². The van der Waals surface area contributed by atoms with Crippen molar-refractivity contribution in [2.75, 3.05) is 5.32 Å². The van der Waals surface area contributed by atoms with Gasteiger partial charge < -0.3 is 15.6 Å². The van der Waals surface area contributed by atoms with Crippen LogP contribution in [0.3, 0.4) is 0 Å². The Balaban J connectivity index is 1.85. The summed E-state index contributed by atoms with van der Waals surface area (Å²) in [7, 11) is 1.60. The van der Waals surface area contributed by atoms with Crippen molar-refractivity contribution in [3.8, 4) is 5.69 Å². The van der Waals surface area contributed by atoms with Crippen LogP contribution < -0.4 is 22.3 Å². The second-order valence-corrected chi connectivity index (χ2v) is 5.70. The summed E-state index contributed by atoms with van der Waals surface area (Å²) in [4.78, 5) is 28.2. The lowest BCUT2D eigenvalue weighted by molar-refractivity contribution is 0.686. The number of hydrogen-bond acceptors (Lipinski definition) is 5. The fourth-order valence-electron chi connectivity index (χ4n) is 2.76. The van der Waals surface area contributed by atoms with E-state index >= 15 is 0 Å². The Kier molecular flexibility index (Phi) is 3.81. The van der Waals surface area contributed by atoms with E-state index in [0.717, 1.165) is 29.6 Å². The Morgan fingerprint density at radius 3 is 2.73 bits per heavy atom. The molecule has 0 unspecified atom stereocenters. The normalized spacial score (nSPS) is 21.0. The van der Waals surface area contributed by atoms with E-state index in [-0.39, 0.29) is 11.6 Å². The molecule has 0 spiro atoms. The second-order valence-electron chi connectivity index (χ2n) is 5.70. The molecule has 1 saturated carbocycles. The highest BCUT2D eigenvalue weighted by Crippen LogP contribution is 2.20. The molecule has 0 radical (unpaired) electrons. The third-order valence-corrected chi connectivity index (χ3v) is 3.99. The van der Waals surface area contributed by atoms with Crippen LogP contribution in [-0.4, -0.2) is 26.2 Å². The van der Waals surface area contributed by atoms with Crippen molar-refractivity contribution >= 4 is 5.82 Å². The van der Waals surface area contributed by atoms with Gasteiger partial charge in [0, 0.05) is 31.4 Å². The summed E-state index contributed by atoms with van der Waals surface area (Å²) < 4.78 is 2.45. The molecule has 1 aliphatic carbocycles. The Hall–Kier alpha value is -2.41. The maximum atomic E-state index is 12.1. The minimum absolute atomic E-state index is 0.252. The van der Waals surface area contributed by atoms with E-state index in [2.05, 4.69) is 10.3 Å². The molecule has 2 atom stereocenters. The van der Waals surface area contributed by atoms with Crippen LogP contribution in [-0.2, 0) is 7.05 Å². The zero-order valence-corrected chi connectivity index (χ0v) is 12.4. The molecule has 22 heavy (non-hydrogen) atoms. The van der Waals surface area contributed by atoms with Crippen LogP contribution in [0.25, 0.3) is 5.69 Å². The predicted octanol–water partition coefficient (Wildman–Crippen LogP) is 0.223. The zero-order chi connectivity index (χ0) is 15.7. The van der Waals surface area contributed by atoms with Gasteiger partial charge in [0.1, 0.15) is 5.82 Å². The van der Waals surface area contributed by atoms with E-state index in [0.29, 0.717) is 11.7 Å². The Bertz CT molecular complexity index is 778. The standard InChI is InChI=1S/C15H19N5O2/c1-19-7-6-14(21)20(15(19)22)12-4-5-13(17-9-12)18-11-3-2-10(16)8-11/h4-7,9-11H,2-3,8,16H2,1H3,(H,17,18)/t10-,11-/m0/s1. The highest BCUT2D eigenvalue weighted by molar-refractivity contribution is 5.41. The van der Waals surface area contributed by atoms with E-state index in [1.807, 2.05) is 0 Å². The smallest absolute Gasteiger partial charge is 0.335 e. The third-order valence-electron chi connectivity index (χ3n) is 3.99. The molecular formula is C15H19N5O2. The fraction of sp³-hybridized carbons (Fsp3) is 0.400. The molecule has 2 aromatic heterocycles. The molecular weight excluding hydrogens is 282 g/mol. The molecule has 2 aromatic rings. The van der Waals surface area contributed by atoms with Crippen molar-refractivity contribution in [2.45, 2.75) is 31.3 Å². The van der Waals surface area contributed by atoms with E-state index in [9.17, 15) is 9.59 Å². The number of aryl methyl sites for hydroxylation is 1. The van der Waals surface area contributed by atoms with E-state index < -0.39 is 5.69 Å². The highest BCUT2D eigenvalue weighted by Gasteiger charge is 2.21. The van der Waals surface area contributed by atoms with Crippen molar-refractivity contribution in [3.63, 3.8) is 0 Å². The molecule has 116 valence electrons. The zero-order valence-electron chi connectivity index (χ0n) is 12.4. The number of rotatable bonds is 3. The largest absolute Gasteiger partial charge is 0.367 e. The predicted molar refractivity (Wildman–Crippen MR) is 84.3 cm³/mol. The fourth-order valence-corrected chi connectivity index (χ4v) is 2.76. The van der Waals surface area contributed by atoms with Crippen molar-refractivity contribution in [1.29, 1.82) is 0 Å². The SMILES string of the molecule is Cn1ccc(=O)n(-c2ccc(N[C@H]3CC[C@H](N)C3)nc2)c1=O. The summed E-state index contributed by atoms with van der Waals surface area (Å²) in [6.45, 7) is 0. The van der Waals surface area contributed by atoms with Crippen molar-refractivity contribution in [2.24, 2.45) is 12.8 Å². The lowest BCUT2D eigenvalue weighted by atomic mass is 10.2. The lowest BCUT2D eigenvalue weighted by Gasteiger charge is -2.13. The van der Waals surface area contributed by atoms with Gasteiger partial charge in [-0.2, -0.15) is 0 Å². The molecule has 1 aliphatic rings. The molecule has 0 amide bonds. The molecule has 7 nitrogen and oxygen atoms in total. The maximum Gasteiger partial charge on any atom is 0.335 e. The van der Waals surface area contributed by atoms with Crippen molar-refractivity contribution < 1.29 is 0 Å². The quantitative estimate of drug-likeness (QED) is 0.846. The maximum absolute atomic E-state index is 12.1.